The summed E-state index contributed by atoms with van der Waals surface area (Å²) in [6, 6.07) is 0. The van der Waals surface area contributed by atoms with Crippen LogP contribution in [-0.4, -0.2) is 169 Å². The molecule has 0 saturated heterocycles. The summed E-state index contributed by atoms with van der Waals surface area (Å²) in [7, 11) is -21.3. The lowest BCUT2D eigenvalue weighted by atomic mass is 10.2. The highest BCUT2D eigenvalue weighted by Crippen LogP contribution is 2.38. The van der Waals surface area contributed by atoms with Crippen molar-refractivity contribution in [3.05, 3.63) is 0 Å². The first-order valence-corrected chi connectivity index (χ1v) is 18.1. The van der Waals surface area contributed by atoms with Gasteiger partial charge in [0, 0.05) is 0 Å². The molecule has 0 aromatic heterocycles. The number of alkyl halides is 20. The summed E-state index contributed by atoms with van der Waals surface area (Å²) >= 11 is 0. The minimum Gasteiger partial charge on any atom is -0.394 e. The molecule has 0 aliphatic carbocycles. The molecule has 0 saturated carbocycles. The second-order valence-electron chi connectivity index (χ2n) is 9.21. The molecule has 0 aliphatic heterocycles. The van der Waals surface area contributed by atoms with E-state index in [-0.39, 0.29) is 0 Å². The summed E-state index contributed by atoms with van der Waals surface area (Å²) in [4.78, 5) is 0. The van der Waals surface area contributed by atoms with E-state index >= 15 is 0 Å². The Labute approximate surface area is 297 Å². The highest BCUT2D eigenvalue weighted by molar-refractivity contribution is 7.86. The van der Waals surface area contributed by atoms with Crippen molar-refractivity contribution in [3.8, 4) is 0 Å². The van der Waals surface area contributed by atoms with Crippen LogP contribution in [0.1, 0.15) is 0 Å². The van der Waals surface area contributed by atoms with Crippen molar-refractivity contribution in [2.24, 2.45) is 0 Å². The molecule has 0 radical (unpaired) electrons. The molecular formula is C16H22F20O16S4. The first-order chi connectivity index (χ1) is 23.5. The van der Waals surface area contributed by atoms with Crippen LogP contribution in [-0.2, 0) is 40.5 Å². The van der Waals surface area contributed by atoms with Gasteiger partial charge >= 0.3 is 48.4 Å². The van der Waals surface area contributed by atoms with E-state index in [1.54, 1.807) is 0 Å². The Morgan fingerprint density at radius 1 is 0.321 bits per heavy atom. The summed E-state index contributed by atoms with van der Waals surface area (Å²) in [6.45, 7) is -1.05. The molecular weight excluding hydrogens is 956 g/mol. The lowest BCUT2D eigenvalue weighted by Gasteiger charge is -2.17. The SMILES string of the molecule is O=S(=O)(O)CC(F)(F)C(F)(F)F.O=S(=O)(O)CC(F)(F)C(F)(F)F.O=S(=O)(O)CC(F)(F)C(F)(F)F.O=S(=O)(O)CC(F)(F)C(F)(F)F.OCC(O)C(O)CO. The highest BCUT2D eigenvalue weighted by atomic mass is 32.2. The van der Waals surface area contributed by atoms with Gasteiger partial charge in [0.25, 0.3) is 40.5 Å². The number of halogens is 20. The Hall–Kier alpha value is -1.92. The smallest absolute Gasteiger partial charge is 0.394 e. The van der Waals surface area contributed by atoms with Gasteiger partial charge in [0.1, 0.15) is 35.2 Å². The van der Waals surface area contributed by atoms with Gasteiger partial charge in [0.05, 0.1) is 13.2 Å². The monoisotopic (exact) mass is 978 g/mol. The average Bonchev–Trinajstić information content (AvgIpc) is 2.81. The maximum Gasteiger partial charge on any atom is 0.454 e. The zero-order chi connectivity index (χ0) is 47.4. The molecule has 0 fully saturated rings. The third-order valence-electron chi connectivity index (χ3n) is 3.93. The second kappa shape index (κ2) is 21.4. The number of aliphatic hydroxyl groups excluding tert-OH is 4. The summed E-state index contributed by atoms with van der Waals surface area (Å²) in [5, 5.41) is 33.2. The molecule has 0 heterocycles. The molecule has 2 unspecified atom stereocenters. The van der Waals surface area contributed by atoms with Crippen LogP contribution >= 0.6 is 0 Å². The van der Waals surface area contributed by atoms with E-state index in [0.29, 0.717) is 0 Å². The van der Waals surface area contributed by atoms with Crippen molar-refractivity contribution in [2.75, 3.05) is 36.2 Å². The Kier molecular flexibility index (Phi) is 24.1. The van der Waals surface area contributed by atoms with Crippen LogP contribution in [0, 0.1) is 0 Å². The fraction of sp³-hybridized carbons (Fsp3) is 1.00. The number of aliphatic hydroxyl groups is 4. The minimum atomic E-state index is -5.97. The van der Waals surface area contributed by atoms with Gasteiger partial charge in [-0.1, -0.05) is 0 Å². The standard InChI is InChI=1S/C4H10O4.4C3H3F5O3S/c5-1-3(7)4(8)2-6;4*4-2(5,3(6,7)8)1-12(9,10)11/h3-8H,1-2H2;4*1H2,(H,9,10,11). The van der Waals surface area contributed by atoms with Crippen molar-refractivity contribution in [1.29, 1.82) is 0 Å². The molecule has 0 bridgehead atoms. The van der Waals surface area contributed by atoms with E-state index < -0.39 is 137 Å². The van der Waals surface area contributed by atoms with Gasteiger partial charge in [-0.05, 0) is 0 Å². The molecule has 56 heavy (non-hydrogen) atoms. The quantitative estimate of drug-likeness (QED) is 0.108. The molecule has 0 aliphatic rings. The lowest BCUT2D eigenvalue weighted by Crippen LogP contribution is -2.42. The predicted molar refractivity (Wildman–Crippen MR) is 136 cm³/mol. The zero-order valence-electron chi connectivity index (χ0n) is 25.4. The van der Waals surface area contributed by atoms with Crippen molar-refractivity contribution < 1.29 is 160 Å². The molecule has 8 N–H and O–H groups in total. The van der Waals surface area contributed by atoms with Crippen LogP contribution < -0.4 is 0 Å². The van der Waals surface area contributed by atoms with Crippen molar-refractivity contribution in [1.82, 2.24) is 0 Å². The summed E-state index contributed by atoms with van der Waals surface area (Å²) in [6.07, 6.45) is -26.3. The van der Waals surface area contributed by atoms with Crippen LogP contribution in [0.15, 0.2) is 0 Å². The molecule has 0 aromatic carbocycles. The highest BCUT2D eigenvalue weighted by Gasteiger charge is 2.62. The first-order valence-electron chi connectivity index (χ1n) is 11.7. The Morgan fingerprint density at radius 2 is 0.429 bits per heavy atom. The molecule has 2 atom stereocenters. The molecule has 16 nitrogen and oxygen atoms in total. The van der Waals surface area contributed by atoms with E-state index in [9.17, 15) is 121 Å². The van der Waals surface area contributed by atoms with E-state index in [4.69, 9.17) is 38.6 Å². The third kappa shape index (κ3) is 31.1. The fourth-order valence-corrected chi connectivity index (χ4v) is 3.97. The summed E-state index contributed by atoms with van der Waals surface area (Å²) in [5.41, 5.74) is 0. The van der Waals surface area contributed by atoms with E-state index in [0.717, 1.165) is 0 Å². The van der Waals surface area contributed by atoms with Gasteiger partial charge in [-0.25, -0.2) is 0 Å². The van der Waals surface area contributed by atoms with Gasteiger partial charge in [-0.3, -0.25) is 18.2 Å². The first kappa shape index (κ1) is 63.3. The molecule has 40 heteroatoms. The van der Waals surface area contributed by atoms with Crippen LogP contribution in [0.3, 0.4) is 0 Å². The van der Waals surface area contributed by atoms with Gasteiger partial charge in [-0.2, -0.15) is 121 Å². The largest absolute Gasteiger partial charge is 0.454 e. The predicted octanol–water partition coefficient (Wildman–Crippen LogP) is 1.98. The maximum absolute atomic E-state index is 11.8. The Balaban J connectivity index is -0.000000195. The topological polar surface area (TPSA) is 298 Å². The number of hydrogen-bond donors (Lipinski definition) is 8. The third-order valence-corrected chi connectivity index (χ3v) is 6.84. The van der Waals surface area contributed by atoms with Gasteiger partial charge in [0.15, 0.2) is 0 Å². The Bertz CT molecular complexity index is 1370. The lowest BCUT2D eigenvalue weighted by molar-refractivity contribution is -0.271. The van der Waals surface area contributed by atoms with Crippen LogP contribution in [0.4, 0.5) is 87.8 Å². The van der Waals surface area contributed by atoms with Crippen LogP contribution in [0.5, 0.6) is 0 Å². The van der Waals surface area contributed by atoms with Crippen LogP contribution in [0.2, 0.25) is 0 Å². The number of rotatable bonds is 11. The summed E-state index contributed by atoms with van der Waals surface area (Å²) in [5.74, 6) is -32.3. The minimum absolute atomic E-state index is 0.526. The van der Waals surface area contributed by atoms with Crippen molar-refractivity contribution in [2.45, 2.75) is 60.6 Å². The van der Waals surface area contributed by atoms with Crippen LogP contribution in [0.25, 0.3) is 0 Å². The molecule has 0 spiro atoms. The zero-order valence-corrected chi connectivity index (χ0v) is 28.7. The average molecular weight is 979 g/mol. The van der Waals surface area contributed by atoms with E-state index in [1.807, 2.05) is 0 Å². The number of hydrogen-bond acceptors (Lipinski definition) is 12. The second-order valence-corrected chi connectivity index (χ2v) is 15.0. The molecule has 0 aromatic rings. The fourth-order valence-electron chi connectivity index (χ4n) is 1.49. The van der Waals surface area contributed by atoms with Crippen molar-refractivity contribution >= 4 is 40.5 Å². The van der Waals surface area contributed by atoms with E-state index in [2.05, 4.69) is 0 Å². The van der Waals surface area contributed by atoms with Crippen molar-refractivity contribution in [3.63, 3.8) is 0 Å². The molecule has 0 rings (SSSR count). The van der Waals surface area contributed by atoms with Gasteiger partial charge in [0.2, 0.25) is 0 Å². The normalized spacial score (nSPS) is 15.3. The Morgan fingerprint density at radius 3 is 0.464 bits per heavy atom. The van der Waals surface area contributed by atoms with E-state index in [1.165, 1.54) is 0 Å². The van der Waals surface area contributed by atoms with Gasteiger partial charge in [-0.15, -0.1) is 0 Å². The molecule has 346 valence electrons. The summed E-state index contributed by atoms with van der Waals surface area (Å²) < 4.78 is 337. The molecule has 0 amide bonds. The van der Waals surface area contributed by atoms with Gasteiger partial charge < -0.3 is 20.4 Å². The maximum atomic E-state index is 11.8.